The molecule has 270 valence electrons. The molecule has 3 rings (SSSR count). The van der Waals surface area contributed by atoms with Crippen LogP contribution in [0.15, 0.2) is 47.1 Å². The first-order chi connectivity index (χ1) is 23.8. The number of aliphatic hydroxyl groups excluding tert-OH is 1. The number of nitro groups is 1. The van der Waals surface area contributed by atoms with Gasteiger partial charge in [0, 0.05) is 31.6 Å². The molecule has 0 saturated heterocycles. The summed E-state index contributed by atoms with van der Waals surface area (Å²) in [5.74, 6) is -0.496. The smallest absolute Gasteiger partial charge is 0.300 e. The van der Waals surface area contributed by atoms with E-state index in [0.717, 1.165) is 24.8 Å². The molecule has 5 N–H and O–H groups in total. The number of carbonyl (C=O) groups is 2. The van der Waals surface area contributed by atoms with Crippen LogP contribution in [0.3, 0.4) is 0 Å². The number of aromatic nitrogens is 2. The molecule has 3 unspecified atom stereocenters. The Morgan fingerprint density at radius 2 is 1.53 bits per heavy atom. The van der Waals surface area contributed by atoms with Gasteiger partial charge in [-0.25, -0.2) is 4.63 Å². The van der Waals surface area contributed by atoms with Crippen molar-refractivity contribution in [1.82, 2.24) is 26.3 Å². The summed E-state index contributed by atoms with van der Waals surface area (Å²) < 4.78 is 4.76. The number of rotatable bonds is 26. The van der Waals surface area contributed by atoms with Crippen molar-refractivity contribution in [1.29, 1.82) is 0 Å². The van der Waals surface area contributed by atoms with Gasteiger partial charge in [0.05, 0.1) is 16.7 Å². The summed E-state index contributed by atoms with van der Waals surface area (Å²) in [7, 11) is 0. The third-order valence-electron chi connectivity index (χ3n) is 8.74. The molecule has 3 aromatic rings. The Labute approximate surface area is 289 Å². The van der Waals surface area contributed by atoms with E-state index < -0.39 is 17.1 Å². The third kappa shape index (κ3) is 14.5. The third-order valence-corrected chi connectivity index (χ3v) is 8.74. The van der Waals surface area contributed by atoms with E-state index in [9.17, 15) is 24.8 Å². The second-order valence-corrected chi connectivity index (χ2v) is 12.8. The number of hydrogen-bond donors (Lipinski definition) is 5. The summed E-state index contributed by atoms with van der Waals surface area (Å²) in [5.41, 5.74) is 1.40. The van der Waals surface area contributed by atoms with E-state index in [1.165, 1.54) is 69.9 Å². The number of benzene rings is 2. The summed E-state index contributed by atoms with van der Waals surface area (Å²) in [6.07, 6.45) is 14.7. The largest absolute Gasteiger partial charge is 0.382 e. The zero-order chi connectivity index (χ0) is 35.3. The molecular formula is C36H55N7O6. The zero-order valence-corrected chi connectivity index (χ0v) is 29.1. The summed E-state index contributed by atoms with van der Waals surface area (Å²) in [5, 5.41) is 41.7. The average Bonchev–Trinajstić information content (AvgIpc) is 3.59. The Morgan fingerprint density at radius 3 is 2.20 bits per heavy atom. The van der Waals surface area contributed by atoms with Gasteiger partial charge in [0.15, 0.2) is 11.7 Å². The summed E-state index contributed by atoms with van der Waals surface area (Å²) in [4.78, 5) is 36.0. The maximum Gasteiger partial charge on any atom is 0.300 e. The van der Waals surface area contributed by atoms with Crippen LogP contribution in [0, 0.1) is 10.1 Å². The van der Waals surface area contributed by atoms with Crippen molar-refractivity contribution in [2.45, 2.75) is 128 Å². The number of unbranched alkanes of at least 4 members (excludes halogenated alkanes) is 11. The van der Waals surface area contributed by atoms with Crippen molar-refractivity contribution in [3.05, 3.63) is 58.1 Å². The van der Waals surface area contributed by atoms with E-state index >= 15 is 0 Å². The topological polar surface area (TPSA) is 185 Å². The molecule has 0 saturated carbocycles. The average molecular weight is 682 g/mol. The van der Waals surface area contributed by atoms with E-state index in [0.29, 0.717) is 31.5 Å². The van der Waals surface area contributed by atoms with Crippen molar-refractivity contribution < 1.29 is 24.2 Å². The minimum absolute atomic E-state index is 0.0257. The van der Waals surface area contributed by atoms with Gasteiger partial charge in [0.1, 0.15) is 0 Å². The molecule has 2 amide bonds. The van der Waals surface area contributed by atoms with Gasteiger partial charge in [-0.2, -0.15) is 0 Å². The molecule has 13 heteroatoms. The number of nitrogens with one attached hydrogen (secondary N) is 4. The number of anilines is 1. The molecule has 0 bridgehead atoms. The molecule has 0 aliphatic heterocycles. The van der Waals surface area contributed by atoms with Gasteiger partial charge >= 0.3 is 5.69 Å². The van der Waals surface area contributed by atoms with E-state index in [1.807, 2.05) is 37.3 Å². The van der Waals surface area contributed by atoms with Crippen LogP contribution >= 0.6 is 0 Å². The lowest BCUT2D eigenvalue weighted by Crippen LogP contribution is -2.50. The van der Waals surface area contributed by atoms with E-state index in [4.69, 9.17) is 4.63 Å². The second-order valence-electron chi connectivity index (χ2n) is 12.8. The van der Waals surface area contributed by atoms with E-state index in [2.05, 4.69) is 38.5 Å². The fourth-order valence-corrected chi connectivity index (χ4v) is 5.82. The van der Waals surface area contributed by atoms with Crippen LogP contribution in [0.2, 0.25) is 0 Å². The van der Waals surface area contributed by atoms with Crippen LogP contribution in [0.4, 0.5) is 11.4 Å². The number of aliphatic hydroxyl groups is 1. The highest BCUT2D eigenvalue weighted by Crippen LogP contribution is 2.28. The second kappa shape index (κ2) is 22.5. The highest BCUT2D eigenvalue weighted by atomic mass is 16.6. The first-order valence-electron chi connectivity index (χ1n) is 18.0. The van der Waals surface area contributed by atoms with Crippen LogP contribution in [-0.4, -0.2) is 57.5 Å². The first-order valence-corrected chi connectivity index (χ1v) is 18.0. The lowest BCUT2D eigenvalue weighted by Gasteiger charge is -2.24. The van der Waals surface area contributed by atoms with Crippen LogP contribution in [-0.2, 0) is 9.59 Å². The van der Waals surface area contributed by atoms with Crippen LogP contribution in [0.5, 0.6) is 0 Å². The maximum absolute atomic E-state index is 12.9. The number of fused-ring (bicyclic) bond motifs is 1. The van der Waals surface area contributed by atoms with E-state index in [-0.39, 0.29) is 41.3 Å². The van der Waals surface area contributed by atoms with Crippen LogP contribution in [0.25, 0.3) is 11.0 Å². The van der Waals surface area contributed by atoms with Crippen molar-refractivity contribution in [3.8, 4) is 0 Å². The molecule has 0 aliphatic rings. The molecule has 0 spiro atoms. The molecule has 1 heterocycles. The minimum atomic E-state index is -1.48. The molecule has 3 atom stereocenters. The minimum Gasteiger partial charge on any atom is -0.382 e. The summed E-state index contributed by atoms with van der Waals surface area (Å²) >= 11 is 0. The van der Waals surface area contributed by atoms with Gasteiger partial charge < -0.3 is 21.1 Å². The van der Waals surface area contributed by atoms with E-state index in [1.54, 1.807) is 0 Å². The Balaban J connectivity index is 1.42. The molecule has 13 nitrogen and oxygen atoms in total. The fraction of sp³-hybridized carbons (Fsp3) is 0.611. The number of nitro benzene ring substituents is 1. The van der Waals surface area contributed by atoms with Crippen molar-refractivity contribution in [3.63, 3.8) is 0 Å². The Hall–Kier alpha value is -4.10. The van der Waals surface area contributed by atoms with Crippen molar-refractivity contribution in [2.24, 2.45) is 0 Å². The quantitative estimate of drug-likeness (QED) is 0.0265. The summed E-state index contributed by atoms with van der Waals surface area (Å²) in [6.45, 7) is 4.90. The Bertz CT molecular complexity index is 1400. The SMILES string of the molecule is CCCCCCCCCCCCCC(=O)NCCCCC(CNc1ccc([N+](=O)[O-])c2nonc12)NC(O)C(=O)NC(C)c1ccccc1. The molecular weight excluding hydrogens is 626 g/mol. The Morgan fingerprint density at radius 1 is 0.878 bits per heavy atom. The predicted octanol–water partition coefficient (Wildman–Crippen LogP) is 6.68. The van der Waals surface area contributed by atoms with Crippen molar-refractivity contribution in [2.75, 3.05) is 18.4 Å². The van der Waals surface area contributed by atoms with Gasteiger partial charge in [-0.1, -0.05) is 108 Å². The van der Waals surface area contributed by atoms with Gasteiger partial charge in [0.2, 0.25) is 11.4 Å². The number of amides is 2. The highest BCUT2D eigenvalue weighted by Gasteiger charge is 2.23. The lowest BCUT2D eigenvalue weighted by atomic mass is 10.1. The first kappa shape index (κ1) is 39.3. The van der Waals surface area contributed by atoms with Crippen LogP contribution in [0.1, 0.15) is 122 Å². The predicted molar refractivity (Wildman–Crippen MR) is 191 cm³/mol. The monoisotopic (exact) mass is 681 g/mol. The highest BCUT2D eigenvalue weighted by molar-refractivity contribution is 5.93. The Kier molecular flexibility index (Phi) is 18.1. The molecule has 1 aromatic heterocycles. The molecule has 0 radical (unpaired) electrons. The molecule has 0 aliphatic carbocycles. The number of carbonyl (C=O) groups excluding carboxylic acids is 2. The normalized spacial score (nSPS) is 13.1. The van der Waals surface area contributed by atoms with Crippen LogP contribution < -0.4 is 21.3 Å². The summed E-state index contributed by atoms with van der Waals surface area (Å²) in [6, 6.07) is 11.6. The zero-order valence-electron chi connectivity index (χ0n) is 29.1. The fourth-order valence-electron chi connectivity index (χ4n) is 5.82. The molecule has 49 heavy (non-hydrogen) atoms. The van der Waals surface area contributed by atoms with Gasteiger partial charge in [-0.05, 0) is 48.1 Å². The van der Waals surface area contributed by atoms with Gasteiger partial charge in [0.25, 0.3) is 5.91 Å². The number of hydrogen-bond acceptors (Lipinski definition) is 10. The standard InChI is InChI=1S/C36H55N7O6/c1-3-4-5-6-7-8-9-10-11-12-16-22-32(44)37-25-18-17-21-29(40-36(46)35(45)39-27(2)28-19-14-13-15-20-28)26-38-30-23-24-31(43(47)48)34-33(30)41-49-42-34/h13-15,19-20,23-24,27,29,36,38,40,46H,3-12,16-18,21-22,25-26H2,1-2H3,(H,37,44)(H,39,45). The molecule has 2 aromatic carbocycles. The lowest BCUT2D eigenvalue weighted by molar-refractivity contribution is -0.383. The molecule has 0 fully saturated rings. The van der Waals surface area contributed by atoms with Gasteiger partial charge in [-0.3, -0.25) is 25.0 Å². The number of nitrogens with zero attached hydrogens (tertiary/aromatic N) is 3. The number of non-ortho nitro benzene ring substituents is 1. The van der Waals surface area contributed by atoms with Gasteiger partial charge in [-0.15, -0.1) is 0 Å². The maximum atomic E-state index is 12.9. The van der Waals surface area contributed by atoms with Crippen molar-refractivity contribution >= 4 is 34.2 Å².